The first-order valence-electron chi connectivity index (χ1n) is 8.75. The third-order valence-corrected chi connectivity index (χ3v) is 4.65. The van der Waals surface area contributed by atoms with Crippen molar-refractivity contribution < 1.29 is 22.7 Å². The maximum absolute atomic E-state index is 13.0. The van der Waals surface area contributed by atoms with Gasteiger partial charge < -0.3 is 15.0 Å². The fourth-order valence-electron chi connectivity index (χ4n) is 3.16. The van der Waals surface area contributed by atoms with Crippen molar-refractivity contribution >= 4 is 11.6 Å². The first-order chi connectivity index (χ1) is 12.9. The molecule has 1 fully saturated rings. The highest BCUT2D eigenvalue weighted by Gasteiger charge is 2.31. The number of nitrogens with zero attached hydrogens (tertiary/aromatic N) is 1. The van der Waals surface area contributed by atoms with E-state index >= 15 is 0 Å². The van der Waals surface area contributed by atoms with Crippen LogP contribution >= 0.6 is 0 Å². The minimum Gasteiger partial charge on any atom is -0.497 e. The van der Waals surface area contributed by atoms with Crippen LogP contribution in [0.2, 0.25) is 0 Å². The van der Waals surface area contributed by atoms with Crippen LogP contribution in [-0.2, 0) is 6.18 Å². The van der Waals surface area contributed by atoms with Crippen LogP contribution < -0.4 is 15.0 Å². The third kappa shape index (κ3) is 4.60. The summed E-state index contributed by atoms with van der Waals surface area (Å²) in [5, 5.41) is 3.35. The van der Waals surface area contributed by atoms with Crippen LogP contribution in [0.3, 0.4) is 0 Å². The first kappa shape index (κ1) is 19.2. The molecule has 2 aromatic carbocycles. The number of hydrogen-bond donors (Lipinski definition) is 1. The Morgan fingerprint density at radius 3 is 2.33 bits per heavy atom. The summed E-state index contributed by atoms with van der Waals surface area (Å²) in [5.41, 5.74) is 0.124. The number of methoxy groups -OCH3 is 1. The highest BCUT2D eigenvalue weighted by atomic mass is 19.4. The van der Waals surface area contributed by atoms with Crippen molar-refractivity contribution in [3.8, 4) is 5.75 Å². The van der Waals surface area contributed by atoms with Gasteiger partial charge in [0.05, 0.1) is 12.7 Å². The number of carbonyl (C=O) groups is 1. The molecular weight excluding hydrogens is 357 g/mol. The number of rotatable bonds is 5. The molecule has 144 valence electrons. The molecule has 0 unspecified atom stereocenters. The molecule has 1 aliphatic heterocycles. The second-order valence-corrected chi connectivity index (χ2v) is 6.48. The predicted molar refractivity (Wildman–Crippen MR) is 97.1 cm³/mol. The second kappa shape index (κ2) is 8.00. The molecule has 7 heteroatoms. The quantitative estimate of drug-likeness (QED) is 0.851. The monoisotopic (exact) mass is 378 g/mol. The van der Waals surface area contributed by atoms with Gasteiger partial charge in [-0.2, -0.15) is 13.2 Å². The number of hydrogen-bond acceptors (Lipinski definition) is 3. The van der Waals surface area contributed by atoms with E-state index < -0.39 is 11.7 Å². The van der Waals surface area contributed by atoms with E-state index in [1.54, 1.807) is 36.3 Å². The van der Waals surface area contributed by atoms with Crippen LogP contribution in [-0.4, -0.2) is 32.1 Å². The lowest BCUT2D eigenvalue weighted by Gasteiger charge is -2.26. The number of carbonyl (C=O) groups excluding carboxylic acids is 1. The van der Waals surface area contributed by atoms with Crippen LogP contribution in [0.15, 0.2) is 48.5 Å². The van der Waals surface area contributed by atoms with Crippen LogP contribution in [0, 0.1) is 0 Å². The van der Waals surface area contributed by atoms with E-state index in [-0.39, 0.29) is 17.5 Å². The van der Waals surface area contributed by atoms with Gasteiger partial charge in [0.2, 0.25) is 0 Å². The normalized spacial score (nSPS) is 17.0. The molecule has 1 saturated heterocycles. The number of ether oxygens (including phenoxy) is 1. The lowest BCUT2D eigenvalue weighted by atomic mass is 10.1. The fourth-order valence-corrected chi connectivity index (χ4v) is 3.16. The Hall–Kier alpha value is -2.54. The van der Waals surface area contributed by atoms with Gasteiger partial charge in [-0.05, 0) is 67.9 Å². The Labute approximate surface area is 155 Å². The average Bonchev–Trinajstić information content (AvgIpc) is 3.18. The molecule has 0 aliphatic carbocycles. The van der Waals surface area contributed by atoms with Crippen molar-refractivity contribution in [2.24, 2.45) is 0 Å². The van der Waals surface area contributed by atoms with Gasteiger partial charge in [0.15, 0.2) is 0 Å². The van der Waals surface area contributed by atoms with E-state index in [1.807, 2.05) is 0 Å². The predicted octanol–water partition coefficient (Wildman–Crippen LogP) is 4.11. The molecule has 1 N–H and O–H groups in total. The number of nitrogens with one attached hydrogen (secondary N) is 1. The molecule has 0 radical (unpaired) electrons. The van der Waals surface area contributed by atoms with Gasteiger partial charge in [0, 0.05) is 23.8 Å². The minimum atomic E-state index is -4.43. The number of alkyl halides is 3. The summed E-state index contributed by atoms with van der Waals surface area (Å²) in [4.78, 5) is 14.6. The van der Waals surface area contributed by atoms with Gasteiger partial charge in [-0.15, -0.1) is 0 Å². The molecule has 1 heterocycles. The molecule has 0 saturated carbocycles. The number of amides is 1. The largest absolute Gasteiger partial charge is 0.497 e. The highest BCUT2D eigenvalue weighted by molar-refractivity contribution is 6.06. The molecule has 0 spiro atoms. The van der Waals surface area contributed by atoms with Crippen LogP contribution in [0.1, 0.15) is 28.8 Å². The van der Waals surface area contributed by atoms with E-state index in [2.05, 4.69) is 5.32 Å². The lowest BCUT2D eigenvalue weighted by Crippen LogP contribution is -2.41. The third-order valence-electron chi connectivity index (χ3n) is 4.65. The molecule has 27 heavy (non-hydrogen) atoms. The van der Waals surface area contributed by atoms with E-state index in [0.29, 0.717) is 18.0 Å². The van der Waals surface area contributed by atoms with Gasteiger partial charge in [-0.1, -0.05) is 0 Å². The molecule has 0 aromatic heterocycles. The standard InChI is InChI=1S/C20H21F3N2O2/c1-27-18-10-8-17(9-11-18)25(13-16-3-2-12-24-16)19(26)14-4-6-15(7-5-14)20(21,22)23/h4-11,16,24H,2-3,12-13H2,1H3/t16-/m0/s1. The van der Waals surface area contributed by atoms with E-state index in [1.165, 1.54) is 12.1 Å². The van der Waals surface area contributed by atoms with Gasteiger partial charge >= 0.3 is 6.18 Å². The molecule has 1 atom stereocenters. The van der Waals surface area contributed by atoms with Crippen molar-refractivity contribution in [2.75, 3.05) is 25.1 Å². The molecule has 2 aromatic rings. The van der Waals surface area contributed by atoms with Crippen molar-refractivity contribution in [2.45, 2.75) is 25.1 Å². The topological polar surface area (TPSA) is 41.6 Å². The zero-order valence-corrected chi connectivity index (χ0v) is 14.9. The molecule has 0 bridgehead atoms. The smallest absolute Gasteiger partial charge is 0.416 e. The van der Waals surface area contributed by atoms with Crippen molar-refractivity contribution in [1.82, 2.24) is 5.32 Å². The summed E-state index contributed by atoms with van der Waals surface area (Å²) in [7, 11) is 1.56. The SMILES string of the molecule is COc1ccc(N(C[C@@H]2CCCN2)C(=O)c2ccc(C(F)(F)F)cc2)cc1. The van der Waals surface area contributed by atoms with Crippen molar-refractivity contribution in [1.29, 1.82) is 0 Å². The van der Waals surface area contributed by atoms with Gasteiger partial charge in [0.25, 0.3) is 5.91 Å². The van der Waals surface area contributed by atoms with Gasteiger partial charge in [-0.3, -0.25) is 4.79 Å². The van der Waals surface area contributed by atoms with E-state index in [4.69, 9.17) is 4.74 Å². The van der Waals surface area contributed by atoms with Crippen molar-refractivity contribution in [3.05, 3.63) is 59.7 Å². The fraction of sp³-hybridized carbons (Fsp3) is 0.350. The Kier molecular flexibility index (Phi) is 5.70. The summed E-state index contributed by atoms with van der Waals surface area (Å²) in [6.45, 7) is 1.35. The lowest BCUT2D eigenvalue weighted by molar-refractivity contribution is -0.137. The second-order valence-electron chi connectivity index (χ2n) is 6.48. The average molecular weight is 378 g/mol. The molecule has 1 amide bonds. The maximum Gasteiger partial charge on any atom is 0.416 e. The van der Waals surface area contributed by atoms with Gasteiger partial charge in [0.1, 0.15) is 5.75 Å². The molecular formula is C20H21F3N2O2. The Morgan fingerprint density at radius 1 is 1.15 bits per heavy atom. The number of anilines is 1. The highest BCUT2D eigenvalue weighted by Crippen LogP contribution is 2.30. The van der Waals surface area contributed by atoms with E-state index in [9.17, 15) is 18.0 Å². The Bertz CT molecular complexity index is 767. The molecule has 3 rings (SSSR count). The summed E-state index contributed by atoms with van der Waals surface area (Å²) >= 11 is 0. The van der Waals surface area contributed by atoms with Crippen LogP contribution in [0.4, 0.5) is 18.9 Å². The van der Waals surface area contributed by atoms with Gasteiger partial charge in [-0.25, -0.2) is 0 Å². The first-order valence-corrected chi connectivity index (χ1v) is 8.75. The number of benzene rings is 2. The summed E-state index contributed by atoms with van der Waals surface area (Å²) in [6, 6.07) is 11.5. The van der Waals surface area contributed by atoms with Crippen molar-refractivity contribution in [3.63, 3.8) is 0 Å². The number of halogens is 3. The molecule has 1 aliphatic rings. The zero-order valence-electron chi connectivity index (χ0n) is 14.9. The zero-order chi connectivity index (χ0) is 19.4. The summed E-state index contributed by atoms with van der Waals surface area (Å²) in [5.74, 6) is 0.335. The minimum absolute atomic E-state index is 0.158. The maximum atomic E-state index is 13.0. The Morgan fingerprint density at radius 2 is 1.81 bits per heavy atom. The van der Waals surface area contributed by atoms with Crippen LogP contribution in [0.25, 0.3) is 0 Å². The summed E-state index contributed by atoms with van der Waals surface area (Å²) in [6.07, 6.45) is -2.44. The van der Waals surface area contributed by atoms with Crippen LogP contribution in [0.5, 0.6) is 5.75 Å². The van der Waals surface area contributed by atoms with E-state index in [0.717, 1.165) is 31.5 Å². The molecule has 4 nitrogen and oxygen atoms in total. The Balaban J connectivity index is 1.87. The summed E-state index contributed by atoms with van der Waals surface area (Å²) < 4.78 is 43.5.